The van der Waals surface area contributed by atoms with Crippen LogP contribution in [0.3, 0.4) is 0 Å². The van der Waals surface area contributed by atoms with Crippen LogP contribution >= 0.6 is 0 Å². The second-order valence-corrected chi connectivity index (χ2v) is 4.39. The molecule has 0 aliphatic rings. The Labute approximate surface area is 107 Å². The molecule has 0 fully saturated rings. The molecule has 2 rings (SSSR count). The van der Waals surface area contributed by atoms with Crippen molar-refractivity contribution < 1.29 is 5.11 Å². The molecule has 0 unspecified atom stereocenters. The number of aromatic nitrogens is 2. The third-order valence-electron chi connectivity index (χ3n) is 2.92. The van der Waals surface area contributed by atoms with Gasteiger partial charge in [-0.3, -0.25) is 0 Å². The summed E-state index contributed by atoms with van der Waals surface area (Å²) in [6, 6.07) is 9.93. The molecule has 0 atom stereocenters. The van der Waals surface area contributed by atoms with Crippen LogP contribution in [0.2, 0.25) is 0 Å². The van der Waals surface area contributed by atoms with Gasteiger partial charge in [0.15, 0.2) is 5.82 Å². The number of anilines is 2. The first-order chi connectivity index (χ1) is 8.61. The number of aliphatic hydroxyl groups excluding tert-OH is 1. The fourth-order valence-electron chi connectivity index (χ4n) is 1.92. The molecule has 0 saturated carbocycles. The predicted molar refractivity (Wildman–Crippen MR) is 71.9 cm³/mol. The van der Waals surface area contributed by atoms with E-state index in [1.807, 2.05) is 18.0 Å². The number of nitrogens with zero attached hydrogens (tertiary/aromatic N) is 3. The van der Waals surface area contributed by atoms with Crippen LogP contribution in [0.15, 0.2) is 30.3 Å². The monoisotopic (exact) mass is 243 g/mol. The Morgan fingerprint density at radius 3 is 2.44 bits per heavy atom. The number of benzene rings is 1. The molecule has 18 heavy (non-hydrogen) atoms. The molecular weight excluding hydrogens is 226 g/mol. The Hall–Kier alpha value is -1.94. The average Bonchev–Trinajstić information content (AvgIpc) is 2.38. The van der Waals surface area contributed by atoms with Gasteiger partial charge in [-0.05, 0) is 37.6 Å². The Kier molecular flexibility index (Phi) is 3.58. The van der Waals surface area contributed by atoms with Gasteiger partial charge in [0, 0.05) is 12.7 Å². The lowest BCUT2D eigenvalue weighted by atomic mass is 10.1. The van der Waals surface area contributed by atoms with Gasteiger partial charge in [0.1, 0.15) is 0 Å². The van der Waals surface area contributed by atoms with Gasteiger partial charge < -0.3 is 10.0 Å². The second-order valence-electron chi connectivity index (χ2n) is 4.39. The zero-order valence-corrected chi connectivity index (χ0v) is 10.9. The highest BCUT2D eigenvalue weighted by atomic mass is 16.3. The summed E-state index contributed by atoms with van der Waals surface area (Å²) in [6.07, 6.45) is 0. The topological polar surface area (TPSA) is 49.2 Å². The first-order valence-electron chi connectivity index (χ1n) is 5.86. The van der Waals surface area contributed by atoms with Gasteiger partial charge in [0.25, 0.3) is 0 Å². The van der Waals surface area contributed by atoms with E-state index in [1.165, 1.54) is 11.1 Å². The number of aryl methyl sites for hydroxylation is 2. The number of rotatable bonds is 3. The van der Waals surface area contributed by atoms with Gasteiger partial charge in [-0.2, -0.15) is 5.10 Å². The van der Waals surface area contributed by atoms with E-state index in [4.69, 9.17) is 5.11 Å². The van der Waals surface area contributed by atoms with Crippen LogP contribution in [-0.2, 0) is 6.61 Å². The van der Waals surface area contributed by atoms with Crippen LogP contribution in [0, 0.1) is 13.8 Å². The van der Waals surface area contributed by atoms with Gasteiger partial charge in [-0.1, -0.05) is 17.7 Å². The predicted octanol–water partition coefficient (Wildman–Crippen LogP) is 2.35. The number of aliphatic hydroxyl groups is 1. The molecule has 0 aliphatic heterocycles. The lowest BCUT2D eigenvalue weighted by molar-refractivity contribution is 0.275. The van der Waals surface area contributed by atoms with Crippen molar-refractivity contribution >= 4 is 11.5 Å². The first-order valence-corrected chi connectivity index (χ1v) is 5.86. The van der Waals surface area contributed by atoms with Crippen LogP contribution in [0.4, 0.5) is 11.5 Å². The molecule has 0 radical (unpaired) electrons. The van der Waals surface area contributed by atoms with E-state index in [2.05, 4.69) is 42.2 Å². The molecule has 0 amide bonds. The lowest BCUT2D eigenvalue weighted by Gasteiger charge is -2.20. The zero-order valence-electron chi connectivity index (χ0n) is 10.9. The average molecular weight is 243 g/mol. The summed E-state index contributed by atoms with van der Waals surface area (Å²) in [5.41, 5.74) is 4.12. The van der Waals surface area contributed by atoms with Gasteiger partial charge in [-0.25, -0.2) is 0 Å². The van der Waals surface area contributed by atoms with Gasteiger partial charge in [-0.15, -0.1) is 5.10 Å². The number of hydrogen-bond donors (Lipinski definition) is 1. The van der Waals surface area contributed by atoms with E-state index in [1.54, 1.807) is 6.07 Å². The van der Waals surface area contributed by atoms with Crippen molar-refractivity contribution in [1.82, 2.24) is 10.2 Å². The highest BCUT2D eigenvalue weighted by Gasteiger charge is 2.08. The summed E-state index contributed by atoms with van der Waals surface area (Å²) in [5.74, 6) is 0.763. The maximum atomic E-state index is 8.94. The highest BCUT2D eigenvalue weighted by Crippen LogP contribution is 2.25. The van der Waals surface area contributed by atoms with Crippen LogP contribution in [0.25, 0.3) is 0 Å². The minimum atomic E-state index is -0.0828. The van der Waals surface area contributed by atoms with E-state index < -0.39 is 0 Å². The molecule has 0 saturated heterocycles. The third-order valence-corrected chi connectivity index (χ3v) is 2.92. The van der Waals surface area contributed by atoms with Gasteiger partial charge in [0.2, 0.25) is 0 Å². The van der Waals surface area contributed by atoms with Gasteiger partial charge >= 0.3 is 0 Å². The quantitative estimate of drug-likeness (QED) is 0.899. The fraction of sp³-hybridized carbons (Fsp3) is 0.286. The lowest BCUT2D eigenvalue weighted by Crippen LogP contribution is -2.13. The maximum Gasteiger partial charge on any atom is 0.155 e. The minimum Gasteiger partial charge on any atom is -0.390 e. The maximum absolute atomic E-state index is 8.94. The van der Waals surface area contributed by atoms with E-state index in [0.717, 1.165) is 11.5 Å². The molecule has 1 N–H and O–H groups in total. The molecule has 0 spiro atoms. The normalized spacial score (nSPS) is 10.4. The van der Waals surface area contributed by atoms with E-state index in [-0.39, 0.29) is 6.61 Å². The molecule has 4 heteroatoms. The molecule has 0 bridgehead atoms. The highest BCUT2D eigenvalue weighted by molar-refractivity contribution is 5.63. The molecule has 4 nitrogen and oxygen atoms in total. The molecular formula is C14H17N3O. The van der Waals surface area contributed by atoms with Crippen molar-refractivity contribution in [2.45, 2.75) is 20.5 Å². The Balaban J connectivity index is 2.31. The molecule has 0 aliphatic carbocycles. The fourth-order valence-corrected chi connectivity index (χ4v) is 1.92. The first kappa shape index (κ1) is 12.5. The summed E-state index contributed by atoms with van der Waals surface area (Å²) < 4.78 is 0. The van der Waals surface area contributed by atoms with Crippen LogP contribution in [0.5, 0.6) is 0 Å². The van der Waals surface area contributed by atoms with E-state index >= 15 is 0 Å². The standard InChI is InChI=1S/C14H17N3O/c1-10-4-6-13(11(2)8-10)17(3)14-7-5-12(9-18)15-16-14/h4-8,18H,9H2,1-3H3. The third kappa shape index (κ3) is 2.49. The minimum absolute atomic E-state index is 0.0828. The van der Waals surface area contributed by atoms with Crippen molar-refractivity contribution in [2.75, 3.05) is 11.9 Å². The van der Waals surface area contributed by atoms with Crippen LogP contribution < -0.4 is 4.90 Å². The molecule has 1 heterocycles. The van der Waals surface area contributed by atoms with E-state index in [9.17, 15) is 0 Å². The molecule has 1 aromatic carbocycles. The second kappa shape index (κ2) is 5.14. The van der Waals surface area contributed by atoms with Crippen LogP contribution in [-0.4, -0.2) is 22.4 Å². The number of hydrogen-bond acceptors (Lipinski definition) is 4. The van der Waals surface area contributed by atoms with E-state index in [0.29, 0.717) is 5.69 Å². The molecule has 2 aromatic rings. The van der Waals surface area contributed by atoms with Crippen molar-refractivity contribution in [3.63, 3.8) is 0 Å². The SMILES string of the molecule is Cc1ccc(N(C)c2ccc(CO)nn2)c(C)c1. The zero-order chi connectivity index (χ0) is 13.1. The van der Waals surface area contributed by atoms with Crippen molar-refractivity contribution in [3.8, 4) is 0 Å². The smallest absolute Gasteiger partial charge is 0.155 e. The summed E-state index contributed by atoms with van der Waals surface area (Å²) in [7, 11) is 1.96. The summed E-state index contributed by atoms with van der Waals surface area (Å²) >= 11 is 0. The van der Waals surface area contributed by atoms with Crippen LogP contribution in [0.1, 0.15) is 16.8 Å². The summed E-state index contributed by atoms with van der Waals surface area (Å²) in [6.45, 7) is 4.07. The summed E-state index contributed by atoms with van der Waals surface area (Å²) in [4.78, 5) is 1.99. The van der Waals surface area contributed by atoms with Crippen molar-refractivity contribution in [1.29, 1.82) is 0 Å². The van der Waals surface area contributed by atoms with Crippen molar-refractivity contribution in [2.24, 2.45) is 0 Å². The molecule has 1 aromatic heterocycles. The van der Waals surface area contributed by atoms with Gasteiger partial charge in [0.05, 0.1) is 12.3 Å². The Morgan fingerprint density at radius 2 is 1.89 bits per heavy atom. The summed E-state index contributed by atoms with van der Waals surface area (Å²) in [5, 5.41) is 17.0. The Morgan fingerprint density at radius 1 is 1.11 bits per heavy atom. The largest absolute Gasteiger partial charge is 0.390 e. The Bertz CT molecular complexity index is 537. The molecule has 94 valence electrons. The van der Waals surface area contributed by atoms with Crippen molar-refractivity contribution in [3.05, 3.63) is 47.2 Å².